The quantitative estimate of drug-likeness (QED) is 0.528. The normalized spacial score (nSPS) is 14.6. The Balaban J connectivity index is 1.62. The van der Waals surface area contributed by atoms with E-state index in [1.165, 1.54) is 0 Å². The van der Waals surface area contributed by atoms with Crippen LogP contribution in [0.1, 0.15) is 17.8 Å². The number of hydrogen-bond acceptors (Lipinski definition) is 6. The second-order valence-corrected chi connectivity index (χ2v) is 9.04. The molecule has 1 aliphatic rings. The standard InChI is InChI=1S/C23H20N2O4S2/c26-22(27)12-14-24-16-6-1-3-8-18(16)30-20(24)10-5-11-21-25(15-13-23(28)29)17-7-2-4-9-19(17)31-21/h1-11H,12-15H2,(H-,26,27,28,29). The molecule has 0 bridgehead atoms. The maximum absolute atomic E-state index is 11.1. The smallest absolute Gasteiger partial charge is 0.305 e. The Kier molecular flexibility index (Phi) is 6.39. The van der Waals surface area contributed by atoms with Crippen LogP contribution in [-0.2, 0) is 16.1 Å². The molecule has 1 aromatic heterocycles. The Labute approximate surface area is 187 Å². The van der Waals surface area contributed by atoms with Gasteiger partial charge >= 0.3 is 5.97 Å². The average Bonchev–Trinajstić information content (AvgIpc) is 3.28. The number of carboxylic acids is 2. The lowest BCUT2D eigenvalue weighted by molar-refractivity contribution is -0.668. The summed E-state index contributed by atoms with van der Waals surface area (Å²) in [7, 11) is 0. The van der Waals surface area contributed by atoms with E-state index in [-0.39, 0.29) is 12.8 Å². The molecule has 4 rings (SSSR count). The fourth-order valence-corrected chi connectivity index (χ4v) is 5.64. The molecular weight excluding hydrogens is 432 g/mol. The SMILES string of the molecule is O=C([O-])CC[n+]1c(C=CC=C2Sc3ccccc3N2CCC(=O)O)sc2ccccc21. The van der Waals surface area contributed by atoms with E-state index in [9.17, 15) is 14.7 Å². The first-order chi connectivity index (χ1) is 15.0. The number of nitrogens with zero attached hydrogens (tertiary/aromatic N) is 2. The molecule has 0 spiro atoms. The summed E-state index contributed by atoms with van der Waals surface area (Å²) in [4.78, 5) is 25.2. The minimum Gasteiger partial charge on any atom is -0.550 e. The van der Waals surface area contributed by atoms with E-state index in [1.54, 1.807) is 23.1 Å². The van der Waals surface area contributed by atoms with Gasteiger partial charge in [0.15, 0.2) is 6.54 Å². The minimum atomic E-state index is -1.07. The highest BCUT2D eigenvalue weighted by molar-refractivity contribution is 8.03. The number of thiazole rings is 1. The number of allylic oxidation sites excluding steroid dienone is 2. The van der Waals surface area contributed by atoms with E-state index in [1.807, 2.05) is 76.2 Å². The number of thioether (sulfide) groups is 1. The lowest BCUT2D eigenvalue weighted by atomic mass is 10.2. The highest BCUT2D eigenvalue weighted by Gasteiger charge is 2.24. The molecular formula is C23H20N2O4S2. The van der Waals surface area contributed by atoms with Gasteiger partial charge in [-0.25, -0.2) is 0 Å². The number of aromatic nitrogens is 1. The summed E-state index contributed by atoms with van der Waals surface area (Å²) in [6.45, 7) is 0.737. The molecule has 0 saturated heterocycles. The largest absolute Gasteiger partial charge is 0.550 e. The Bertz CT molecular complexity index is 1200. The summed E-state index contributed by atoms with van der Waals surface area (Å²) in [6.07, 6.45) is 5.87. The molecule has 8 heteroatoms. The predicted octanol–water partition coefficient (Wildman–Crippen LogP) is 3.27. The number of carbonyl (C=O) groups is 2. The van der Waals surface area contributed by atoms with Gasteiger partial charge in [0, 0.05) is 36.0 Å². The first-order valence-corrected chi connectivity index (χ1v) is 11.4. The zero-order valence-electron chi connectivity index (χ0n) is 16.6. The first kappa shape index (κ1) is 21.1. The van der Waals surface area contributed by atoms with Crippen LogP contribution in [0.25, 0.3) is 16.3 Å². The third-order valence-corrected chi connectivity index (χ3v) is 7.10. The molecule has 0 saturated carbocycles. The molecule has 31 heavy (non-hydrogen) atoms. The van der Waals surface area contributed by atoms with Crippen LogP contribution < -0.4 is 14.6 Å². The molecule has 3 aromatic rings. The molecule has 6 nitrogen and oxygen atoms in total. The van der Waals surface area contributed by atoms with Crippen LogP contribution in [0, 0.1) is 0 Å². The van der Waals surface area contributed by atoms with E-state index in [0.29, 0.717) is 13.1 Å². The topological polar surface area (TPSA) is 84.5 Å². The Morgan fingerprint density at radius 1 is 1.10 bits per heavy atom. The van der Waals surface area contributed by atoms with E-state index in [0.717, 1.165) is 30.8 Å². The number of fused-ring (bicyclic) bond motifs is 2. The fourth-order valence-electron chi connectivity index (χ4n) is 3.44. The molecule has 1 aliphatic heterocycles. The number of hydrogen-bond donors (Lipinski definition) is 1. The maximum Gasteiger partial charge on any atom is 0.305 e. The third kappa shape index (κ3) is 4.81. The third-order valence-electron chi connectivity index (χ3n) is 4.84. The fraction of sp³-hybridized carbons (Fsp3) is 0.174. The lowest BCUT2D eigenvalue weighted by Gasteiger charge is -2.19. The van der Waals surface area contributed by atoms with Crippen LogP contribution in [0.5, 0.6) is 0 Å². The van der Waals surface area contributed by atoms with Crippen molar-refractivity contribution in [2.24, 2.45) is 0 Å². The van der Waals surface area contributed by atoms with Crippen molar-refractivity contribution < 1.29 is 24.4 Å². The second-order valence-electron chi connectivity index (χ2n) is 6.91. The van der Waals surface area contributed by atoms with E-state index < -0.39 is 11.9 Å². The highest BCUT2D eigenvalue weighted by Crippen LogP contribution is 2.45. The van der Waals surface area contributed by atoms with Crippen molar-refractivity contribution in [2.75, 3.05) is 11.4 Å². The molecule has 2 heterocycles. The number of para-hydroxylation sites is 2. The summed E-state index contributed by atoms with van der Waals surface area (Å²) in [5.74, 6) is -1.91. The summed E-state index contributed by atoms with van der Waals surface area (Å²) in [5.41, 5.74) is 2.01. The zero-order chi connectivity index (χ0) is 21.8. The van der Waals surface area contributed by atoms with Gasteiger partial charge in [-0.2, -0.15) is 4.57 Å². The molecule has 0 unspecified atom stereocenters. The molecule has 0 fully saturated rings. The van der Waals surface area contributed by atoms with Gasteiger partial charge in [0.2, 0.25) is 5.52 Å². The van der Waals surface area contributed by atoms with Crippen molar-refractivity contribution in [3.63, 3.8) is 0 Å². The van der Waals surface area contributed by atoms with Crippen molar-refractivity contribution in [1.29, 1.82) is 0 Å². The predicted molar refractivity (Wildman–Crippen MR) is 121 cm³/mol. The highest BCUT2D eigenvalue weighted by atomic mass is 32.2. The van der Waals surface area contributed by atoms with Gasteiger partial charge in [-0.3, -0.25) is 4.79 Å². The van der Waals surface area contributed by atoms with Crippen molar-refractivity contribution in [3.05, 3.63) is 70.7 Å². The van der Waals surface area contributed by atoms with Crippen LogP contribution in [0.3, 0.4) is 0 Å². The van der Waals surface area contributed by atoms with E-state index in [2.05, 4.69) is 0 Å². The van der Waals surface area contributed by atoms with Crippen LogP contribution in [0.15, 0.2) is 70.6 Å². The average molecular weight is 453 g/mol. The monoisotopic (exact) mass is 452 g/mol. The summed E-state index contributed by atoms with van der Waals surface area (Å²) in [5, 5.41) is 22.0. The molecule has 2 aromatic carbocycles. The Morgan fingerprint density at radius 3 is 2.68 bits per heavy atom. The summed E-state index contributed by atoms with van der Waals surface area (Å²) >= 11 is 3.20. The first-order valence-electron chi connectivity index (χ1n) is 9.79. The summed E-state index contributed by atoms with van der Waals surface area (Å²) < 4.78 is 3.07. The molecule has 0 atom stereocenters. The Hall–Kier alpha value is -3.10. The van der Waals surface area contributed by atoms with Crippen molar-refractivity contribution >= 4 is 57.0 Å². The van der Waals surface area contributed by atoms with Gasteiger partial charge in [-0.05, 0) is 24.3 Å². The van der Waals surface area contributed by atoms with Crippen LogP contribution >= 0.6 is 23.1 Å². The van der Waals surface area contributed by atoms with Gasteiger partial charge < -0.3 is 19.9 Å². The second kappa shape index (κ2) is 9.36. The van der Waals surface area contributed by atoms with Gasteiger partial charge in [0.1, 0.15) is 4.70 Å². The molecule has 0 radical (unpaired) electrons. The lowest BCUT2D eigenvalue weighted by Crippen LogP contribution is -2.38. The molecule has 1 N–H and O–H groups in total. The Morgan fingerprint density at radius 2 is 1.87 bits per heavy atom. The van der Waals surface area contributed by atoms with Crippen LogP contribution in [0.2, 0.25) is 0 Å². The number of carbonyl (C=O) groups excluding carboxylic acids is 1. The maximum atomic E-state index is 11.1. The molecule has 0 aliphatic carbocycles. The number of aryl methyl sites for hydroxylation is 1. The van der Waals surface area contributed by atoms with Gasteiger partial charge in [0.05, 0.1) is 17.1 Å². The van der Waals surface area contributed by atoms with E-state index in [4.69, 9.17) is 5.11 Å². The van der Waals surface area contributed by atoms with Crippen molar-refractivity contribution in [1.82, 2.24) is 0 Å². The molecule has 0 amide bonds. The number of rotatable bonds is 8. The zero-order valence-corrected chi connectivity index (χ0v) is 18.2. The van der Waals surface area contributed by atoms with Crippen LogP contribution in [-0.4, -0.2) is 23.6 Å². The van der Waals surface area contributed by atoms with Gasteiger partial charge in [0.25, 0.3) is 5.01 Å². The van der Waals surface area contributed by atoms with Gasteiger partial charge in [-0.1, -0.05) is 53.4 Å². The van der Waals surface area contributed by atoms with Crippen molar-refractivity contribution in [2.45, 2.75) is 24.3 Å². The number of aliphatic carboxylic acids is 2. The molecule has 158 valence electrons. The minimum absolute atomic E-state index is 0.0511. The van der Waals surface area contributed by atoms with Crippen LogP contribution in [0.4, 0.5) is 5.69 Å². The van der Waals surface area contributed by atoms with Crippen molar-refractivity contribution in [3.8, 4) is 0 Å². The number of benzene rings is 2. The number of carboxylic acid groups (broad SMARTS) is 2. The van der Waals surface area contributed by atoms with Gasteiger partial charge in [-0.15, -0.1) is 0 Å². The summed E-state index contributed by atoms with van der Waals surface area (Å²) in [6, 6.07) is 15.8. The van der Waals surface area contributed by atoms with E-state index >= 15 is 0 Å². The number of anilines is 1.